The third-order valence-corrected chi connectivity index (χ3v) is 5.07. The summed E-state index contributed by atoms with van der Waals surface area (Å²) in [4.78, 5) is 27.2. The van der Waals surface area contributed by atoms with Crippen molar-refractivity contribution in [2.24, 2.45) is 13.0 Å². The van der Waals surface area contributed by atoms with Gasteiger partial charge in [-0.2, -0.15) is 5.10 Å². The predicted molar refractivity (Wildman–Crippen MR) is 113 cm³/mol. The van der Waals surface area contributed by atoms with E-state index in [1.54, 1.807) is 34.9 Å². The summed E-state index contributed by atoms with van der Waals surface area (Å²) in [6, 6.07) is 7.15. The van der Waals surface area contributed by atoms with Crippen LogP contribution in [0.15, 0.2) is 36.7 Å². The number of carbonyl (C=O) groups is 2. The fraction of sp³-hybridized carbons (Fsp3) is 0.450. The van der Waals surface area contributed by atoms with Crippen molar-refractivity contribution < 1.29 is 14.3 Å². The van der Waals surface area contributed by atoms with Gasteiger partial charge in [0.2, 0.25) is 11.8 Å². The quantitative estimate of drug-likeness (QED) is 0.709. The van der Waals surface area contributed by atoms with E-state index >= 15 is 0 Å². The number of anilines is 1. The Balaban J connectivity index is 0.00000300. The molecular weight excluding hydrogens is 394 g/mol. The molecule has 0 unspecified atom stereocenters. The largest absolute Gasteiger partial charge is 0.497 e. The van der Waals surface area contributed by atoms with E-state index in [1.165, 1.54) is 0 Å². The molecule has 2 aromatic rings. The number of carbonyl (C=O) groups excluding carboxylic acids is 2. The van der Waals surface area contributed by atoms with Crippen LogP contribution >= 0.6 is 12.4 Å². The van der Waals surface area contributed by atoms with Crippen LogP contribution in [-0.2, 0) is 16.6 Å². The second-order valence-electron chi connectivity index (χ2n) is 6.95. The molecule has 158 valence electrons. The summed E-state index contributed by atoms with van der Waals surface area (Å²) in [5.41, 5.74) is 1.69. The Kier molecular flexibility index (Phi) is 8.04. The maximum absolute atomic E-state index is 13.1. The predicted octanol–water partition coefficient (Wildman–Crippen LogP) is 1.64. The number of rotatable bonds is 7. The van der Waals surface area contributed by atoms with Crippen LogP contribution in [0, 0.1) is 5.92 Å². The van der Waals surface area contributed by atoms with E-state index in [4.69, 9.17) is 4.74 Å². The number of amides is 2. The lowest BCUT2D eigenvalue weighted by atomic mass is 9.90. The molecule has 2 atom stereocenters. The Hall–Kier alpha value is -2.58. The number of nitrogens with zero attached hydrogens (tertiary/aromatic N) is 3. The van der Waals surface area contributed by atoms with Crippen LogP contribution in [0.4, 0.5) is 5.69 Å². The van der Waals surface area contributed by atoms with Crippen LogP contribution in [0.3, 0.4) is 0 Å². The number of aryl methyl sites for hydroxylation is 1. The van der Waals surface area contributed by atoms with Gasteiger partial charge in [0.05, 0.1) is 25.8 Å². The summed E-state index contributed by atoms with van der Waals surface area (Å²) >= 11 is 0. The molecule has 29 heavy (non-hydrogen) atoms. The van der Waals surface area contributed by atoms with Crippen molar-refractivity contribution in [3.05, 3.63) is 42.2 Å². The molecule has 1 aliphatic heterocycles. The molecular formula is C20H28ClN5O3. The first-order valence-corrected chi connectivity index (χ1v) is 9.43. The van der Waals surface area contributed by atoms with Gasteiger partial charge in [-0.3, -0.25) is 14.3 Å². The Labute approximate surface area is 177 Å². The molecule has 9 heteroatoms. The molecule has 0 saturated carbocycles. The van der Waals surface area contributed by atoms with Crippen molar-refractivity contribution >= 4 is 29.9 Å². The molecule has 1 aromatic carbocycles. The molecule has 2 N–H and O–H groups in total. The third kappa shape index (κ3) is 5.48. The summed E-state index contributed by atoms with van der Waals surface area (Å²) in [6.07, 6.45) is 3.76. The fourth-order valence-electron chi connectivity index (χ4n) is 3.57. The third-order valence-electron chi connectivity index (χ3n) is 5.07. The Bertz CT molecular complexity index is 841. The van der Waals surface area contributed by atoms with Gasteiger partial charge in [-0.1, -0.05) is 6.07 Å². The van der Waals surface area contributed by atoms with Crippen LogP contribution < -0.4 is 15.4 Å². The summed E-state index contributed by atoms with van der Waals surface area (Å²) in [5.74, 6) is 0.289. The van der Waals surface area contributed by atoms with E-state index < -0.39 is 0 Å². The lowest BCUT2D eigenvalue weighted by Gasteiger charge is -2.26. The van der Waals surface area contributed by atoms with Crippen molar-refractivity contribution in [2.45, 2.75) is 12.8 Å². The number of hydrogen-bond acceptors (Lipinski definition) is 5. The maximum atomic E-state index is 13.1. The van der Waals surface area contributed by atoms with Gasteiger partial charge in [-0.05, 0) is 24.6 Å². The van der Waals surface area contributed by atoms with Gasteiger partial charge >= 0.3 is 0 Å². The smallest absolute Gasteiger partial charge is 0.243 e. The molecule has 2 heterocycles. The van der Waals surface area contributed by atoms with Crippen molar-refractivity contribution in [3.8, 4) is 5.75 Å². The number of likely N-dealkylation sites (N-methyl/N-ethyl adjacent to an activating group) is 1. The highest BCUT2D eigenvalue weighted by atomic mass is 35.5. The molecule has 0 spiro atoms. The molecule has 1 aliphatic rings. The van der Waals surface area contributed by atoms with Crippen LogP contribution in [0.5, 0.6) is 5.75 Å². The zero-order valence-electron chi connectivity index (χ0n) is 16.9. The van der Waals surface area contributed by atoms with E-state index in [-0.39, 0.29) is 42.6 Å². The number of halogens is 1. The number of nitrogens with one attached hydrogen (secondary N) is 2. The lowest BCUT2D eigenvalue weighted by molar-refractivity contribution is -0.138. The standard InChI is InChI=1S/C20H27N5O3.ClH/c1-4-25(13-19(26)23-15-6-5-7-16(8-15)28-3)20(27)18-11-21-10-17(18)14-9-22-24(2)12-14;/h5-9,12,17-18,21H,4,10-11,13H2,1-3H3,(H,23,26);1H/t17-,18+;/m1./s1. The minimum absolute atomic E-state index is 0. The number of benzene rings is 1. The second kappa shape index (κ2) is 10.3. The molecule has 1 fully saturated rings. The Morgan fingerprint density at radius 3 is 2.83 bits per heavy atom. The van der Waals surface area contributed by atoms with Crippen LogP contribution in [-0.4, -0.2) is 59.8 Å². The topological polar surface area (TPSA) is 88.5 Å². The molecule has 1 saturated heterocycles. The van der Waals surface area contributed by atoms with Crippen LogP contribution in [0.25, 0.3) is 0 Å². The summed E-state index contributed by atoms with van der Waals surface area (Å²) < 4.78 is 6.91. The van der Waals surface area contributed by atoms with Crippen molar-refractivity contribution in [2.75, 3.05) is 38.6 Å². The van der Waals surface area contributed by atoms with E-state index in [0.29, 0.717) is 24.5 Å². The Morgan fingerprint density at radius 2 is 2.17 bits per heavy atom. The summed E-state index contributed by atoms with van der Waals surface area (Å²) in [7, 11) is 3.44. The summed E-state index contributed by atoms with van der Waals surface area (Å²) in [5, 5.41) is 10.3. The average molecular weight is 422 g/mol. The number of aromatic nitrogens is 2. The molecule has 1 aromatic heterocycles. The van der Waals surface area contributed by atoms with Crippen molar-refractivity contribution in [3.63, 3.8) is 0 Å². The monoisotopic (exact) mass is 421 g/mol. The van der Waals surface area contributed by atoms with Crippen LogP contribution in [0.2, 0.25) is 0 Å². The fourth-order valence-corrected chi connectivity index (χ4v) is 3.57. The van der Waals surface area contributed by atoms with E-state index in [1.807, 2.05) is 32.4 Å². The minimum Gasteiger partial charge on any atom is -0.497 e. The summed E-state index contributed by atoms with van der Waals surface area (Å²) in [6.45, 7) is 3.71. The van der Waals surface area contributed by atoms with Crippen molar-refractivity contribution in [1.29, 1.82) is 0 Å². The molecule has 2 amide bonds. The SMILES string of the molecule is CCN(CC(=O)Nc1cccc(OC)c1)C(=O)[C@H]1CNC[C@@H]1c1cnn(C)c1.Cl. The number of methoxy groups -OCH3 is 1. The number of ether oxygens (including phenoxy) is 1. The number of hydrogen-bond donors (Lipinski definition) is 2. The van der Waals surface area contributed by atoms with Gasteiger partial charge in [-0.25, -0.2) is 0 Å². The lowest BCUT2D eigenvalue weighted by Crippen LogP contribution is -2.43. The highest BCUT2D eigenvalue weighted by Crippen LogP contribution is 2.29. The van der Waals surface area contributed by atoms with Gasteiger partial charge in [0.15, 0.2) is 0 Å². The molecule has 0 radical (unpaired) electrons. The minimum atomic E-state index is -0.229. The molecule has 0 aliphatic carbocycles. The molecule has 3 rings (SSSR count). The highest BCUT2D eigenvalue weighted by molar-refractivity contribution is 5.95. The Morgan fingerprint density at radius 1 is 1.38 bits per heavy atom. The van der Waals surface area contributed by atoms with Gasteiger partial charge in [-0.15, -0.1) is 12.4 Å². The van der Waals surface area contributed by atoms with E-state index in [2.05, 4.69) is 15.7 Å². The normalized spacial score (nSPS) is 18.0. The van der Waals surface area contributed by atoms with Gasteiger partial charge in [0, 0.05) is 50.6 Å². The maximum Gasteiger partial charge on any atom is 0.243 e. The van der Waals surface area contributed by atoms with Crippen LogP contribution in [0.1, 0.15) is 18.4 Å². The zero-order chi connectivity index (χ0) is 20.1. The second-order valence-corrected chi connectivity index (χ2v) is 6.95. The average Bonchev–Trinajstić information content (AvgIpc) is 3.34. The van der Waals surface area contributed by atoms with Gasteiger partial charge < -0.3 is 20.3 Å². The van der Waals surface area contributed by atoms with E-state index in [0.717, 1.165) is 12.1 Å². The zero-order valence-corrected chi connectivity index (χ0v) is 17.7. The van der Waals surface area contributed by atoms with E-state index in [9.17, 15) is 9.59 Å². The first-order valence-electron chi connectivity index (χ1n) is 9.43. The van der Waals surface area contributed by atoms with Gasteiger partial charge in [0.1, 0.15) is 5.75 Å². The first-order chi connectivity index (χ1) is 13.5. The molecule has 0 bridgehead atoms. The van der Waals surface area contributed by atoms with Crippen molar-refractivity contribution in [1.82, 2.24) is 20.0 Å². The first kappa shape index (κ1) is 22.7. The van der Waals surface area contributed by atoms with Gasteiger partial charge in [0.25, 0.3) is 0 Å². The molecule has 8 nitrogen and oxygen atoms in total. The highest BCUT2D eigenvalue weighted by Gasteiger charge is 2.37.